The van der Waals surface area contributed by atoms with Crippen molar-refractivity contribution in [2.45, 2.75) is 19.9 Å². The summed E-state index contributed by atoms with van der Waals surface area (Å²) in [6.07, 6.45) is 0. The molecule has 1 atom stereocenters. The number of aliphatic hydroxyl groups is 1. The third-order valence-corrected chi connectivity index (χ3v) is 6.53. The van der Waals surface area contributed by atoms with Crippen molar-refractivity contribution >= 4 is 46.3 Å². The molecule has 0 spiro atoms. The predicted molar refractivity (Wildman–Crippen MR) is 137 cm³/mol. The molecular weight excluding hydrogens is 489 g/mol. The van der Waals surface area contributed by atoms with Crippen LogP contribution in [-0.4, -0.2) is 31.0 Å². The van der Waals surface area contributed by atoms with Crippen LogP contribution in [0.15, 0.2) is 60.2 Å². The molecule has 1 saturated heterocycles. The lowest BCUT2D eigenvalue weighted by molar-refractivity contribution is -0.132. The molecule has 4 rings (SSSR count). The number of rotatable bonds is 5. The van der Waals surface area contributed by atoms with Crippen molar-refractivity contribution < 1.29 is 24.2 Å². The van der Waals surface area contributed by atoms with Crippen LogP contribution in [0.1, 0.15) is 28.3 Å². The highest BCUT2D eigenvalue weighted by atomic mass is 35.5. The van der Waals surface area contributed by atoms with E-state index in [-0.39, 0.29) is 32.7 Å². The first-order valence-electron chi connectivity index (χ1n) is 10.7. The van der Waals surface area contributed by atoms with E-state index in [2.05, 4.69) is 0 Å². The number of halogens is 2. The minimum absolute atomic E-state index is 0.0314. The van der Waals surface area contributed by atoms with E-state index in [1.807, 2.05) is 50.2 Å². The fourth-order valence-electron chi connectivity index (χ4n) is 4.25. The predicted octanol–water partition coefficient (Wildman–Crippen LogP) is 6.25. The highest BCUT2D eigenvalue weighted by molar-refractivity contribution is 6.52. The molecule has 1 fully saturated rings. The Morgan fingerprint density at radius 1 is 0.914 bits per heavy atom. The van der Waals surface area contributed by atoms with Crippen LogP contribution in [0.4, 0.5) is 5.69 Å². The molecule has 6 nitrogen and oxygen atoms in total. The van der Waals surface area contributed by atoms with Gasteiger partial charge in [0.05, 0.1) is 36.4 Å². The third kappa shape index (κ3) is 4.24. The van der Waals surface area contributed by atoms with Gasteiger partial charge in [-0.1, -0.05) is 70.7 Å². The summed E-state index contributed by atoms with van der Waals surface area (Å²) in [4.78, 5) is 28.1. The second-order valence-corrected chi connectivity index (χ2v) is 8.99. The normalized spacial score (nSPS) is 17.1. The number of anilines is 1. The van der Waals surface area contributed by atoms with E-state index in [0.29, 0.717) is 11.3 Å². The van der Waals surface area contributed by atoms with Crippen molar-refractivity contribution in [2.24, 2.45) is 0 Å². The zero-order chi connectivity index (χ0) is 25.4. The zero-order valence-electron chi connectivity index (χ0n) is 19.6. The lowest BCUT2D eigenvalue weighted by Crippen LogP contribution is -2.29. The van der Waals surface area contributed by atoms with E-state index in [1.165, 1.54) is 25.2 Å². The molecule has 1 aliphatic heterocycles. The SMILES string of the molecule is COc1c(Cl)cc(/C(O)=C2\C(=O)C(=O)N(c3ccc(C)cc3)C2c2cccc(C)c2)c(OC)c1Cl. The van der Waals surface area contributed by atoms with Crippen molar-refractivity contribution in [3.63, 3.8) is 0 Å². The fourth-order valence-corrected chi connectivity index (χ4v) is 4.94. The molecule has 3 aromatic carbocycles. The Kier molecular flexibility index (Phi) is 6.79. The summed E-state index contributed by atoms with van der Waals surface area (Å²) in [5.74, 6) is -1.81. The van der Waals surface area contributed by atoms with Gasteiger partial charge < -0.3 is 14.6 Å². The molecule has 1 heterocycles. The van der Waals surface area contributed by atoms with Crippen molar-refractivity contribution in [3.05, 3.63) is 92.5 Å². The minimum Gasteiger partial charge on any atom is -0.507 e. The topological polar surface area (TPSA) is 76.1 Å². The van der Waals surface area contributed by atoms with Crippen molar-refractivity contribution in [1.82, 2.24) is 0 Å². The van der Waals surface area contributed by atoms with E-state index >= 15 is 0 Å². The highest BCUT2D eigenvalue weighted by Gasteiger charge is 2.47. The molecule has 0 aliphatic carbocycles. The average Bonchev–Trinajstić information content (AvgIpc) is 3.09. The highest BCUT2D eigenvalue weighted by Crippen LogP contribution is 2.48. The van der Waals surface area contributed by atoms with Crippen LogP contribution in [0.5, 0.6) is 11.5 Å². The van der Waals surface area contributed by atoms with Gasteiger partial charge in [0, 0.05) is 5.69 Å². The van der Waals surface area contributed by atoms with E-state index in [4.69, 9.17) is 32.7 Å². The number of methoxy groups -OCH3 is 2. The number of carbonyl (C=O) groups is 2. The van der Waals surface area contributed by atoms with Crippen LogP contribution < -0.4 is 14.4 Å². The first-order chi connectivity index (χ1) is 16.7. The first kappa shape index (κ1) is 24.6. The number of Topliss-reactive ketones (excluding diaryl/α,β-unsaturated/α-hetero) is 1. The second kappa shape index (κ2) is 9.64. The lowest BCUT2D eigenvalue weighted by atomic mass is 9.94. The minimum atomic E-state index is -0.887. The Morgan fingerprint density at radius 3 is 2.17 bits per heavy atom. The van der Waals surface area contributed by atoms with Gasteiger partial charge in [0.25, 0.3) is 11.7 Å². The number of ether oxygens (including phenoxy) is 2. The largest absolute Gasteiger partial charge is 0.507 e. The number of carbonyl (C=O) groups excluding carboxylic acids is 2. The molecule has 3 aromatic rings. The Bertz CT molecular complexity index is 1360. The molecule has 0 bridgehead atoms. The molecular formula is C27H23Cl2NO5. The molecule has 1 amide bonds. The molecule has 35 heavy (non-hydrogen) atoms. The number of hydrogen-bond acceptors (Lipinski definition) is 5. The van der Waals surface area contributed by atoms with Gasteiger partial charge in [0.15, 0.2) is 11.5 Å². The molecule has 8 heteroatoms. The lowest BCUT2D eigenvalue weighted by Gasteiger charge is -2.26. The van der Waals surface area contributed by atoms with Gasteiger partial charge in [-0.25, -0.2) is 0 Å². The summed E-state index contributed by atoms with van der Waals surface area (Å²) >= 11 is 12.8. The number of aryl methyl sites for hydroxylation is 2. The summed E-state index contributed by atoms with van der Waals surface area (Å²) in [7, 11) is 2.77. The van der Waals surface area contributed by atoms with Gasteiger partial charge in [-0.2, -0.15) is 0 Å². The van der Waals surface area contributed by atoms with E-state index in [0.717, 1.165) is 11.1 Å². The van der Waals surface area contributed by atoms with Gasteiger partial charge in [-0.15, -0.1) is 0 Å². The number of aliphatic hydroxyl groups excluding tert-OH is 1. The molecule has 1 unspecified atom stereocenters. The van der Waals surface area contributed by atoms with Crippen molar-refractivity contribution in [1.29, 1.82) is 0 Å². The number of hydrogen-bond donors (Lipinski definition) is 1. The molecule has 0 aromatic heterocycles. The number of ketones is 1. The molecule has 0 radical (unpaired) electrons. The summed E-state index contributed by atoms with van der Waals surface area (Å²) < 4.78 is 10.7. The summed E-state index contributed by atoms with van der Waals surface area (Å²) in [6.45, 7) is 3.84. The van der Waals surface area contributed by atoms with Gasteiger partial charge in [-0.3, -0.25) is 14.5 Å². The van der Waals surface area contributed by atoms with Crippen LogP contribution in [0, 0.1) is 13.8 Å². The molecule has 0 saturated carbocycles. The van der Waals surface area contributed by atoms with Crippen LogP contribution >= 0.6 is 23.2 Å². The molecule has 180 valence electrons. The van der Waals surface area contributed by atoms with E-state index in [1.54, 1.807) is 12.1 Å². The van der Waals surface area contributed by atoms with E-state index < -0.39 is 23.5 Å². The standard InChI is InChI=1S/C27H23Cl2NO5/c1-14-8-10-17(11-9-14)30-22(16-7-5-6-15(2)12-16)20(24(32)27(30)33)23(31)18-13-19(28)26(35-4)21(29)25(18)34-3/h5-13,22,31H,1-4H3/b23-20+. The Labute approximate surface area is 213 Å². The molecule has 1 N–H and O–H groups in total. The van der Waals surface area contributed by atoms with E-state index in [9.17, 15) is 14.7 Å². The summed E-state index contributed by atoms with van der Waals surface area (Å²) in [5.41, 5.74) is 3.10. The van der Waals surface area contributed by atoms with Crippen LogP contribution in [0.25, 0.3) is 5.76 Å². The maximum absolute atomic E-state index is 13.4. The zero-order valence-corrected chi connectivity index (χ0v) is 21.1. The van der Waals surface area contributed by atoms with Gasteiger partial charge in [-0.05, 0) is 37.6 Å². The van der Waals surface area contributed by atoms with Gasteiger partial charge in [0.1, 0.15) is 10.8 Å². The molecule has 1 aliphatic rings. The number of nitrogens with zero attached hydrogens (tertiary/aromatic N) is 1. The smallest absolute Gasteiger partial charge is 0.300 e. The van der Waals surface area contributed by atoms with Crippen LogP contribution in [0.3, 0.4) is 0 Å². The second-order valence-electron chi connectivity index (χ2n) is 8.21. The van der Waals surface area contributed by atoms with Crippen LogP contribution in [0.2, 0.25) is 10.0 Å². The fraction of sp³-hybridized carbons (Fsp3) is 0.185. The summed E-state index contributed by atoms with van der Waals surface area (Å²) in [6, 6.07) is 15.2. The van der Waals surface area contributed by atoms with Crippen LogP contribution in [-0.2, 0) is 9.59 Å². The Hall–Kier alpha value is -3.48. The number of benzene rings is 3. The average molecular weight is 512 g/mol. The maximum Gasteiger partial charge on any atom is 0.300 e. The maximum atomic E-state index is 13.4. The first-order valence-corrected chi connectivity index (χ1v) is 11.5. The third-order valence-electron chi connectivity index (χ3n) is 5.91. The van der Waals surface area contributed by atoms with Crippen molar-refractivity contribution in [3.8, 4) is 11.5 Å². The number of amides is 1. The Morgan fingerprint density at radius 2 is 1.57 bits per heavy atom. The Balaban J connectivity index is 2.02. The van der Waals surface area contributed by atoms with Gasteiger partial charge >= 0.3 is 0 Å². The van der Waals surface area contributed by atoms with Gasteiger partial charge in [0.2, 0.25) is 0 Å². The quantitative estimate of drug-likeness (QED) is 0.248. The van der Waals surface area contributed by atoms with Crippen molar-refractivity contribution in [2.75, 3.05) is 19.1 Å². The monoisotopic (exact) mass is 511 g/mol. The summed E-state index contributed by atoms with van der Waals surface area (Å²) in [5, 5.41) is 11.6.